The highest BCUT2D eigenvalue weighted by Crippen LogP contribution is 2.34. The van der Waals surface area contributed by atoms with Crippen molar-refractivity contribution in [3.8, 4) is 0 Å². The van der Waals surface area contributed by atoms with Crippen molar-refractivity contribution in [2.75, 3.05) is 42.1 Å². The van der Waals surface area contributed by atoms with E-state index in [-0.39, 0.29) is 18.1 Å². The molecule has 12 heteroatoms. The first-order valence-corrected chi connectivity index (χ1v) is 12.9. The van der Waals surface area contributed by atoms with Gasteiger partial charge in [0, 0.05) is 37.9 Å². The van der Waals surface area contributed by atoms with E-state index in [2.05, 4.69) is 15.3 Å². The van der Waals surface area contributed by atoms with Crippen molar-refractivity contribution in [1.29, 1.82) is 0 Å². The second kappa shape index (κ2) is 8.83. The Kier molecular flexibility index (Phi) is 5.91. The van der Waals surface area contributed by atoms with Gasteiger partial charge in [0.2, 0.25) is 16.8 Å². The molecule has 5 heterocycles. The molecule has 3 aliphatic heterocycles. The number of aromatic nitrogens is 3. The van der Waals surface area contributed by atoms with E-state index in [1.165, 1.54) is 11.3 Å². The molecule has 2 aromatic heterocycles. The van der Waals surface area contributed by atoms with Gasteiger partial charge in [0.05, 0.1) is 18.6 Å². The monoisotopic (exact) mass is 476 g/mol. The Balaban J connectivity index is 1.26. The molecule has 0 radical (unpaired) electrons. The zero-order valence-corrected chi connectivity index (χ0v) is 19.3. The van der Waals surface area contributed by atoms with Crippen LogP contribution in [-0.4, -0.2) is 80.4 Å². The van der Waals surface area contributed by atoms with Gasteiger partial charge in [-0.25, -0.2) is 14.8 Å². The fourth-order valence-corrected chi connectivity index (χ4v) is 5.99. The smallest absolute Gasteiger partial charge is 0.358 e. The highest BCUT2D eigenvalue weighted by atomic mass is 32.2. The van der Waals surface area contributed by atoms with Gasteiger partial charge >= 0.3 is 5.97 Å². The topological polar surface area (TPSA) is 124 Å². The molecule has 1 amide bonds. The number of nitrogens with one attached hydrogen (secondary N) is 1. The molecule has 0 aliphatic carbocycles. The lowest BCUT2D eigenvalue weighted by Gasteiger charge is -2.38. The number of hydrogen-bond acceptors (Lipinski definition) is 10. The van der Waals surface area contributed by atoms with E-state index in [1.807, 2.05) is 9.80 Å². The van der Waals surface area contributed by atoms with Gasteiger partial charge in [-0.3, -0.25) is 4.79 Å². The Morgan fingerprint density at radius 3 is 2.75 bits per heavy atom. The van der Waals surface area contributed by atoms with E-state index >= 15 is 0 Å². The molecule has 10 nitrogen and oxygen atoms in total. The zero-order valence-electron chi connectivity index (χ0n) is 17.7. The maximum atomic E-state index is 12.6. The van der Waals surface area contributed by atoms with Crippen molar-refractivity contribution >= 4 is 46.2 Å². The van der Waals surface area contributed by atoms with Crippen LogP contribution in [0.1, 0.15) is 35.9 Å². The third-order valence-corrected chi connectivity index (χ3v) is 8.05. The largest absolute Gasteiger partial charge is 0.611 e. The van der Waals surface area contributed by atoms with Gasteiger partial charge in [-0.2, -0.15) is 4.98 Å². The fourth-order valence-electron chi connectivity index (χ4n) is 4.16. The van der Waals surface area contributed by atoms with Crippen LogP contribution < -0.4 is 10.2 Å². The first-order chi connectivity index (χ1) is 15.5. The van der Waals surface area contributed by atoms with Crippen LogP contribution in [0.2, 0.25) is 0 Å². The number of aryl methyl sites for hydroxylation is 1. The van der Waals surface area contributed by atoms with Crippen molar-refractivity contribution in [2.45, 2.75) is 43.2 Å². The maximum Gasteiger partial charge on any atom is 0.358 e. The normalized spacial score (nSPS) is 21.2. The predicted octanol–water partition coefficient (Wildman–Crippen LogP) is 1.07. The summed E-state index contributed by atoms with van der Waals surface area (Å²) in [6.07, 6.45) is 2.06. The number of hydrogen-bond donors (Lipinski definition) is 1. The molecule has 3 aliphatic rings. The lowest BCUT2D eigenvalue weighted by molar-refractivity contribution is -0.129. The van der Waals surface area contributed by atoms with E-state index in [0.717, 1.165) is 18.5 Å². The summed E-state index contributed by atoms with van der Waals surface area (Å²) < 4.78 is 18.1. The van der Waals surface area contributed by atoms with Gasteiger partial charge in [-0.15, -0.1) is 11.3 Å². The number of esters is 1. The third kappa shape index (κ3) is 4.26. The SMILES string of the molecule is CC(=O)N1CCC(Nc2nc(N3CC(OC(=O)c4cscn4)C3)nc3c2[S+]([O-])CC3)CC1. The molecule has 2 fully saturated rings. The number of thiazole rings is 1. The Bertz CT molecular complexity index is 1010. The van der Waals surface area contributed by atoms with Crippen molar-refractivity contribution in [1.82, 2.24) is 19.9 Å². The second-order valence-electron chi connectivity index (χ2n) is 8.18. The summed E-state index contributed by atoms with van der Waals surface area (Å²) in [7, 11) is 0. The number of carbonyl (C=O) groups excluding carboxylic acids is 2. The molecule has 0 bridgehead atoms. The summed E-state index contributed by atoms with van der Waals surface area (Å²) in [6, 6.07) is 0.165. The predicted molar refractivity (Wildman–Crippen MR) is 119 cm³/mol. The number of anilines is 2. The van der Waals surface area contributed by atoms with E-state index in [0.29, 0.717) is 60.7 Å². The van der Waals surface area contributed by atoms with Crippen molar-refractivity contribution < 1.29 is 18.9 Å². The average Bonchev–Trinajstić information content (AvgIpc) is 3.41. The number of rotatable bonds is 5. The quantitative estimate of drug-likeness (QED) is 0.498. The molecular weight excluding hydrogens is 452 g/mol. The average molecular weight is 477 g/mol. The number of carbonyl (C=O) groups is 2. The van der Waals surface area contributed by atoms with Gasteiger partial charge in [0.25, 0.3) is 0 Å². The molecule has 0 aromatic carbocycles. The van der Waals surface area contributed by atoms with Gasteiger partial charge < -0.3 is 24.4 Å². The van der Waals surface area contributed by atoms with Gasteiger partial charge in [0.15, 0.2) is 11.5 Å². The molecule has 1 N–H and O–H groups in total. The van der Waals surface area contributed by atoms with Crippen molar-refractivity contribution in [2.24, 2.45) is 0 Å². The summed E-state index contributed by atoms with van der Waals surface area (Å²) in [5.41, 5.74) is 2.75. The number of amides is 1. The molecular formula is C20H24N6O4S2. The lowest BCUT2D eigenvalue weighted by Crippen LogP contribution is -2.54. The zero-order chi connectivity index (χ0) is 22.2. The van der Waals surface area contributed by atoms with Crippen LogP contribution in [0, 0.1) is 0 Å². The van der Waals surface area contributed by atoms with E-state index < -0.39 is 17.1 Å². The molecule has 0 saturated carbocycles. The summed E-state index contributed by atoms with van der Waals surface area (Å²) in [5, 5.41) is 5.14. The van der Waals surface area contributed by atoms with Crippen LogP contribution >= 0.6 is 11.3 Å². The number of piperidine rings is 1. The van der Waals surface area contributed by atoms with Crippen LogP contribution in [0.25, 0.3) is 0 Å². The van der Waals surface area contributed by atoms with Crippen LogP contribution in [-0.2, 0) is 27.1 Å². The van der Waals surface area contributed by atoms with Gasteiger partial charge in [-0.05, 0) is 24.0 Å². The first kappa shape index (κ1) is 21.4. The van der Waals surface area contributed by atoms with Gasteiger partial charge in [-0.1, -0.05) is 0 Å². The summed E-state index contributed by atoms with van der Waals surface area (Å²) in [6.45, 7) is 4.01. The van der Waals surface area contributed by atoms with Crippen LogP contribution in [0.15, 0.2) is 15.8 Å². The molecule has 2 aromatic rings. The van der Waals surface area contributed by atoms with Crippen LogP contribution in [0.5, 0.6) is 0 Å². The molecule has 1 unspecified atom stereocenters. The number of nitrogens with zero attached hydrogens (tertiary/aromatic N) is 5. The minimum Gasteiger partial charge on any atom is -0.611 e. The Labute approximate surface area is 192 Å². The minimum absolute atomic E-state index is 0.0950. The van der Waals surface area contributed by atoms with Crippen molar-refractivity contribution in [3.63, 3.8) is 0 Å². The first-order valence-electron chi connectivity index (χ1n) is 10.6. The summed E-state index contributed by atoms with van der Waals surface area (Å²) in [5.74, 6) is 1.43. The Hall–Kier alpha value is -2.44. The molecule has 0 spiro atoms. The van der Waals surface area contributed by atoms with E-state index in [4.69, 9.17) is 9.72 Å². The molecule has 170 valence electrons. The van der Waals surface area contributed by atoms with Gasteiger partial charge in [0.1, 0.15) is 17.6 Å². The van der Waals surface area contributed by atoms with Crippen molar-refractivity contribution in [3.05, 3.63) is 22.3 Å². The number of fused-ring (bicyclic) bond motifs is 1. The highest BCUT2D eigenvalue weighted by molar-refractivity contribution is 7.91. The molecule has 5 rings (SSSR count). The lowest BCUT2D eigenvalue weighted by atomic mass is 10.1. The molecule has 2 saturated heterocycles. The van der Waals surface area contributed by atoms with E-state index in [9.17, 15) is 14.1 Å². The summed E-state index contributed by atoms with van der Waals surface area (Å²) >= 11 is 0.242. The fraction of sp³-hybridized carbons (Fsp3) is 0.550. The summed E-state index contributed by atoms with van der Waals surface area (Å²) in [4.78, 5) is 41.5. The van der Waals surface area contributed by atoms with E-state index in [1.54, 1.807) is 17.8 Å². The number of likely N-dealkylation sites (tertiary alicyclic amines) is 1. The third-order valence-electron chi connectivity index (χ3n) is 6.00. The standard InChI is InChI=1S/C20H24N6O4S2/c1-12(27)25-5-2-13(3-6-25)22-18-17-15(4-7-32(17)29)23-20(24-18)26-8-14(9-26)30-19(28)16-10-31-11-21-16/h10-11,13-14H,2-9H2,1H3,(H,22,23,24). The minimum atomic E-state index is -1.11. The highest BCUT2D eigenvalue weighted by Gasteiger charge is 2.37. The Morgan fingerprint density at radius 2 is 2.06 bits per heavy atom. The number of ether oxygens (including phenoxy) is 1. The van der Waals surface area contributed by atoms with Crippen LogP contribution in [0.3, 0.4) is 0 Å². The molecule has 1 atom stereocenters. The Morgan fingerprint density at radius 1 is 1.28 bits per heavy atom. The van der Waals surface area contributed by atoms with Crippen LogP contribution in [0.4, 0.5) is 11.8 Å². The second-order valence-corrected chi connectivity index (χ2v) is 10.4. The molecule has 32 heavy (non-hydrogen) atoms. The maximum absolute atomic E-state index is 12.6.